The Hall–Kier alpha value is -0.740. The van der Waals surface area contributed by atoms with Crippen molar-refractivity contribution in [3.63, 3.8) is 0 Å². The second kappa shape index (κ2) is 5.83. The predicted molar refractivity (Wildman–Crippen MR) is 58.5 cm³/mol. The molecule has 0 aromatic carbocycles. The molecule has 0 aliphatic heterocycles. The highest BCUT2D eigenvalue weighted by atomic mass is 32.2. The van der Waals surface area contributed by atoms with Crippen molar-refractivity contribution in [2.24, 2.45) is 5.84 Å². The van der Waals surface area contributed by atoms with Crippen molar-refractivity contribution in [1.29, 1.82) is 0 Å². The zero-order valence-corrected chi connectivity index (χ0v) is 8.60. The number of nitrogens with zero attached hydrogens (tertiary/aromatic N) is 1. The summed E-state index contributed by atoms with van der Waals surface area (Å²) in [4.78, 5) is 4.13. The molecule has 0 amide bonds. The van der Waals surface area contributed by atoms with Crippen LogP contribution in [0.15, 0.2) is 18.3 Å². The first-order valence-electron chi connectivity index (χ1n) is 4.36. The van der Waals surface area contributed by atoms with Crippen LogP contribution in [0.4, 0.5) is 5.82 Å². The van der Waals surface area contributed by atoms with E-state index in [1.165, 1.54) is 17.7 Å². The zero-order chi connectivity index (χ0) is 9.52. The second-order valence-corrected chi connectivity index (χ2v) is 3.81. The van der Waals surface area contributed by atoms with Crippen molar-refractivity contribution in [2.45, 2.75) is 19.1 Å². The number of hydrazine groups is 1. The zero-order valence-electron chi connectivity index (χ0n) is 7.79. The monoisotopic (exact) mass is 197 g/mol. The lowest BCUT2D eigenvalue weighted by molar-refractivity contribution is 1.10. The Morgan fingerprint density at radius 3 is 3.15 bits per heavy atom. The highest BCUT2D eigenvalue weighted by Gasteiger charge is 2.00. The Kier molecular flexibility index (Phi) is 4.64. The van der Waals surface area contributed by atoms with Crippen LogP contribution in [0.1, 0.15) is 18.9 Å². The van der Waals surface area contributed by atoms with E-state index in [-0.39, 0.29) is 0 Å². The van der Waals surface area contributed by atoms with Gasteiger partial charge in [-0.05, 0) is 18.2 Å². The SMILES string of the molecule is CCCSCc1cccnc1NN. The van der Waals surface area contributed by atoms with Gasteiger partial charge in [0, 0.05) is 17.5 Å². The molecule has 0 bridgehead atoms. The van der Waals surface area contributed by atoms with Gasteiger partial charge >= 0.3 is 0 Å². The number of nitrogens with two attached hydrogens (primary N) is 1. The van der Waals surface area contributed by atoms with Crippen molar-refractivity contribution >= 4 is 17.6 Å². The summed E-state index contributed by atoms with van der Waals surface area (Å²) in [7, 11) is 0. The first kappa shape index (κ1) is 10.3. The van der Waals surface area contributed by atoms with Crippen LogP contribution in [-0.4, -0.2) is 10.7 Å². The number of rotatable bonds is 5. The normalized spacial score (nSPS) is 10.0. The van der Waals surface area contributed by atoms with Crippen LogP contribution >= 0.6 is 11.8 Å². The van der Waals surface area contributed by atoms with E-state index >= 15 is 0 Å². The topological polar surface area (TPSA) is 50.9 Å². The van der Waals surface area contributed by atoms with E-state index in [1.807, 2.05) is 23.9 Å². The first-order chi connectivity index (χ1) is 6.38. The maximum atomic E-state index is 5.33. The molecular weight excluding hydrogens is 182 g/mol. The van der Waals surface area contributed by atoms with E-state index in [2.05, 4.69) is 17.3 Å². The molecule has 0 spiro atoms. The number of hydrogen-bond donors (Lipinski definition) is 2. The molecule has 72 valence electrons. The molecule has 1 aromatic heterocycles. The molecule has 0 saturated carbocycles. The molecule has 13 heavy (non-hydrogen) atoms. The summed E-state index contributed by atoms with van der Waals surface area (Å²) in [6.07, 6.45) is 2.94. The molecule has 0 fully saturated rings. The van der Waals surface area contributed by atoms with Gasteiger partial charge in [0.1, 0.15) is 5.82 Å². The Morgan fingerprint density at radius 1 is 1.62 bits per heavy atom. The molecule has 1 rings (SSSR count). The van der Waals surface area contributed by atoms with Gasteiger partial charge in [0.05, 0.1) is 0 Å². The number of pyridine rings is 1. The van der Waals surface area contributed by atoms with Gasteiger partial charge in [-0.15, -0.1) is 0 Å². The lowest BCUT2D eigenvalue weighted by atomic mass is 10.3. The minimum Gasteiger partial charge on any atom is -0.308 e. The van der Waals surface area contributed by atoms with Crippen LogP contribution < -0.4 is 11.3 Å². The van der Waals surface area contributed by atoms with Gasteiger partial charge in [-0.2, -0.15) is 11.8 Å². The van der Waals surface area contributed by atoms with Crippen molar-refractivity contribution in [2.75, 3.05) is 11.2 Å². The van der Waals surface area contributed by atoms with Gasteiger partial charge in [0.15, 0.2) is 0 Å². The fraction of sp³-hybridized carbons (Fsp3) is 0.444. The largest absolute Gasteiger partial charge is 0.308 e. The van der Waals surface area contributed by atoms with Crippen molar-refractivity contribution in [3.8, 4) is 0 Å². The Labute approximate surface area is 83.1 Å². The van der Waals surface area contributed by atoms with E-state index in [1.54, 1.807) is 6.20 Å². The minimum atomic E-state index is 0.783. The summed E-state index contributed by atoms with van der Waals surface area (Å²) in [5.41, 5.74) is 3.77. The number of thioether (sulfide) groups is 1. The molecule has 4 heteroatoms. The van der Waals surface area contributed by atoms with Crippen LogP contribution in [-0.2, 0) is 5.75 Å². The van der Waals surface area contributed by atoms with Gasteiger partial charge in [-0.1, -0.05) is 13.0 Å². The summed E-state index contributed by atoms with van der Waals surface area (Å²) in [6.45, 7) is 2.18. The molecule has 3 nitrogen and oxygen atoms in total. The van der Waals surface area contributed by atoms with Gasteiger partial charge in [0.25, 0.3) is 0 Å². The maximum absolute atomic E-state index is 5.33. The highest BCUT2D eigenvalue weighted by molar-refractivity contribution is 7.98. The van der Waals surface area contributed by atoms with Crippen molar-refractivity contribution < 1.29 is 0 Å². The average Bonchev–Trinajstić information content (AvgIpc) is 2.19. The van der Waals surface area contributed by atoms with E-state index in [0.717, 1.165) is 11.6 Å². The van der Waals surface area contributed by atoms with Gasteiger partial charge < -0.3 is 5.43 Å². The molecule has 3 N–H and O–H groups in total. The van der Waals surface area contributed by atoms with E-state index < -0.39 is 0 Å². The molecule has 0 unspecified atom stereocenters. The predicted octanol–water partition coefficient (Wildman–Crippen LogP) is 2.01. The Balaban J connectivity index is 2.54. The highest BCUT2D eigenvalue weighted by Crippen LogP contribution is 2.17. The Bertz CT molecular complexity index is 252. The van der Waals surface area contributed by atoms with E-state index in [4.69, 9.17) is 5.84 Å². The van der Waals surface area contributed by atoms with Crippen LogP contribution in [0.3, 0.4) is 0 Å². The Morgan fingerprint density at radius 2 is 2.46 bits per heavy atom. The summed E-state index contributed by atoms with van der Waals surface area (Å²) in [5, 5.41) is 0. The van der Waals surface area contributed by atoms with Gasteiger partial charge in [-0.3, -0.25) is 0 Å². The number of nitrogen functional groups attached to an aromatic ring is 1. The van der Waals surface area contributed by atoms with Crippen molar-refractivity contribution in [3.05, 3.63) is 23.9 Å². The molecule has 0 aliphatic carbocycles. The van der Waals surface area contributed by atoms with E-state index in [0.29, 0.717) is 0 Å². The number of nitrogens with one attached hydrogen (secondary N) is 1. The van der Waals surface area contributed by atoms with Crippen molar-refractivity contribution in [1.82, 2.24) is 4.98 Å². The summed E-state index contributed by atoms with van der Waals surface area (Å²) in [5.74, 6) is 8.27. The molecular formula is C9H15N3S. The molecule has 0 aliphatic rings. The fourth-order valence-corrected chi connectivity index (χ4v) is 1.90. The standard InChI is InChI=1S/C9H15N3S/c1-2-6-13-7-8-4-3-5-11-9(8)12-10/h3-5H,2,6-7,10H2,1H3,(H,11,12). The third-order valence-electron chi connectivity index (χ3n) is 1.63. The number of anilines is 1. The van der Waals surface area contributed by atoms with Crippen LogP contribution in [0.5, 0.6) is 0 Å². The maximum Gasteiger partial charge on any atom is 0.143 e. The van der Waals surface area contributed by atoms with Gasteiger partial charge in [0.2, 0.25) is 0 Å². The first-order valence-corrected chi connectivity index (χ1v) is 5.52. The van der Waals surface area contributed by atoms with Gasteiger partial charge in [-0.25, -0.2) is 10.8 Å². The van der Waals surface area contributed by atoms with E-state index in [9.17, 15) is 0 Å². The molecule has 0 atom stereocenters. The van der Waals surface area contributed by atoms with Crippen LogP contribution in [0.25, 0.3) is 0 Å². The average molecular weight is 197 g/mol. The third-order valence-corrected chi connectivity index (χ3v) is 2.85. The summed E-state index contributed by atoms with van der Waals surface area (Å²) in [6, 6.07) is 3.98. The lowest BCUT2D eigenvalue weighted by Crippen LogP contribution is -2.10. The number of hydrogen-bond acceptors (Lipinski definition) is 4. The smallest absolute Gasteiger partial charge is 0.143 e. The summed E-state index contributed by atoms with van der Waals surface area (Å²) >= 11 is 1.90. The van der Waals surface area contributed by atoms with Crippen LogP contribution in [0, 0.1) is 0 Å². The quantitative estimate of drug-likeness (QED) is 0.431. The molecule has 1 aromatic rings. The van der Waals surface area contributed by atoms with Crippen LogP contribution in [0.2, 0.25) is 0 Å². The number of aromatic nitrogens is 1. The molecule has 0 radical (unpaired) electrons. The second-order valence-electron chi connectivity index (χ2n) is 2.71. The molecule has 0 saturated heterocycles. The lowest BCUT2D eigenvalue weighted by Gasteiger charge is -2.05. The third kappa shape index (κ3) is 3.24. The fourth-order valence-electron chi connectivity index (χ4n) is 1.01. The summed E-state index contributed by atoms with van der Waals surface area (Å²) < 4.78 is 0. The molecule has 1 heterocycles. The minimum absolute atomic E-state index is 0.783.